The lowest BCUT2D eigenvalue weighted by Gasteiger charge is -2.37. The first-order valence-corrected chi connectivity index (χ1v) is 9.48. The summed E-state index contributed by atoms with van der Waals surface area (Å²) in [6, 6.07) is 17.6. The van der Waals surface area contributed by atoms with Crippen LogP contribution in [0, 0.1) is 0 Å². The largest absolute Gasteiger partial charge is 0.341 e. The molecule has 1 aliphatic heterocycles. The summed E-state index contributed by atoms with van der Waals surface area (Å²) in [6.07, 6.45) is 2.36. The topological polar surface area (TPSA) is 59.2 Å². The fraction of sp³-hybridized carbons (Fsp3) is 0.286. The molecule has 1 saturated heterocycles. The second kappa shape index (κ2) is 7.92. The van der Waals surface area contributed by atoms with Crippen molar-refractivity contribution in [1.82, 2.24) is 15.0 Å². The van der Waals surface area contributed by atoms with Crippen LogP contribution in [0.4, 0.5) is 0 Å². The van der Waals surface area contributed by atoms with Gasteiger partial charge in [0.15, 0.2) is 0 Å². The van der Waals surface area contributed by atoms with Gasteiger partial charge in [0.25, 0.3) is 0 Å². The van der Waals surface area contributed by atoms with Crippen LogP contribution in [-0.2, 0) is 11.2 Å². The number of likely N-dealkylation sites (tertiary alicyclic amines) is 1. The summed E-state index contributed by atoms with van der Waals surface area (Å²) < 4.78 is 5.39. The Morgan fingerprint density at radius 1 is 1.15 bits per heavy atom. The van der Waals surface area contributed by atoms with Crippen molar-refractivity contribution >= 4 is 17.5 Å². The number of halogens is 1. The quantitative estimate of drug-likeness (QED) is 0.637. The van der Waals surface area contributed by atoms with E-state index in [4.69, 9.17) is 16.1 Å². The van der Waals surface area contributed by atoms with Gasteiger partial charge in [0.05, 0.1) is 5.92 Å². The average molecular weight is 382 g/mol. The van der Waals surface area contributed by atoms with Crippen LogP contribution in [0.25, 0.3) is 11.4 Å². The number of nitrogens with zero attached hydrogens (tertiary/aromatic N) is 3. The van der Waals surface area contributed by atoms with Crippen LogP contribution in [-0.4, -0.2) is 34.0 Å². The predicted molar refractivity (Wildman–Crippen MR) is 103 cm³/mol. The lowest BCUT2D eigenvalue weighted by atomic mass is 9.99. The SMILES string of the molecule is O=C(CCCc1ccccc1)N1CC(c2nc(-c3cccc(Cl)c3)no2)C1. The molecular formula is C21H20ClN3O2. The first-order chi connectivity index (χ1) is 13.2. The van der Waals surface area contributed by atoms with Crippen molar-refractivity contribution in [1.29, 1.82) is 0 Å². The molecule has 0 saturated carbocycles. The van der Waals surface area contributed by atoms with Gasteiger partial charge in [-0.05, 0) is 30.5 Å². The minimum Gasteiger partial charge on any atom is -0.341 e. The number of rotatable bonds is 6. The zero-order valence-electron chi connectivity index (χ0n) is 14.8. The highest BCUT2D eigenvalue weighted by atomic mass is 35.5. The summed E-state index contributed by atoms with van der Waals surface area (Å²) in [7, 11) is 0. The van der Waals surface area contributed by atoms with Crippen LogP contribution in [0.2, 0.25) is 5.02 Å². The molecule has 0 atom stereocenters. The van der Waals surface area contributed by atoms with E-state index in [9.17, 15) is 4.79 Å². The van der Waals surface area contributed by atoms with Crippen molar-refractivity contribution in [2.75, 3.05) is 13.1 Å². The van der Waals surface area contributed by atoms with Crippen molar-refractivity contribution in [2.24, 2.45) is 0 Å². The maximum atomic E-state index is 12.3. The molecule has 0 bridgehead atoms. The van der Waals surface area contributed by atoms with E-state index in [1.807, 2.05) is 35.2 Å². The third kappa shape index (κ3) is 4.19. The molecule has 0 unspecified atom stereocenters. The first-order valence-electron chi connectivity index (χ1n) is 9.10. The normalized spacial score (nSPS) is 14.2. The van der Waals surface area contributed by atoms with E-state index < -0.39 is 0 Å². The van der Waals surface area contributed by atoms with Gasteiger partial charge in [0, 0.05) is 30.1 Å². The molecule has 1 fully saturated rings. The van der Waals surface area contributed by atoms with Crippen molar-refractivity contribution in [3.63, 3.8) is 0 Å². The predicted octanol–water partition coefficient (Wildman–Crippen LogP) is 4.34. The summed E-state index contributed by atoms with van der Waals surface area (Å²) in [5.41, 5.74) is 2.09. The maximum Gasteiger partial charge on any atom is 0.233 e. The highest BCUT2D eigenvalue weighted by Gasteiger charge is 2.35. The third-order valence-electron chi connectivity index (χ3n) is 4.81. The third-order valence-corrected chi connectivity index (χ3v) is 5.04. The fourth-order valence-corrected chi connectivity index (χ4v) is 3.42. The molecule has 1 amide bonds. The standard InChI is InChI=1S/C21H20ClN3O2/c22-18-10-5-9-16(12-18)20-23-21(27-24-20)17-13-25(14-17)19(26)11-4-8-15-6-2-1-3-7-15/h1-3,5-7,9-10,12,17H,4,8,11,13-14H2. The van der Waals surface area contributed by atoms with Crippen LogP contribution < -0.4 is 0 Å². The van der Waals surface area contributed by atoms with Crippen LogP contribution in [0.15, 0.2) is 59.1 Å². The summed E-state index contributed by atoms with van der Waals surface area (Å²) in [4.78, 5) is 18.6. The Morgan fingerprint density at radius 3 is 2.74 bits per heavy atom. The summed E-state index contributed by atoms with van der Waals surface area (Å²) in [5, 5.41) is 4.67. The van der Waals surface area contributed by atoms with E-state index in [1.165, 1.54) is 5.56 Å². The molecule has 0 spiro atoms. The molecule has 6 heteroatoms. The number of carbonyl (C=O) groups excluding carboxylic acids is 1. The van der Waals surface area contributed by atoms with E-state index in [0.717, 1.165) is 18.4 Å². The lowest BCUT2D eigenvalue weighted by molar-refractivity contribution is -0.136. The van der Waals surface area contributed by atoms with Crippen LogP contribution in [0.5, 0.6) is 0 Å². The number of hydrogen-bond donors (Lipinski definition) is 0. The molecule has 4 rings (SSSR count). The van der Waals surface area contributed by atoms with Gasteiger partial charge in [0.2, 0.25) is 17.6 Å². The lowest BCUT2D eigenvalue weighted by Crippen LogP contribution is -2.48. The summed E-state index contributed by atoms with van der Waals surface area (Å²) in [6.45, 7) is 1.28. The van der Waals surface area contributed by atoms with E-state index in [2.05, 4.69) is 22.3 Å². The molecule has 2 aromatic carbocycles. The van der Waals surface area contributed by atoms with Crippen molar-refractivity contribution < 1.29 is 9.32 Å². The van der Waals surface area contributed by atoms with Gasteiger partial charge < -0.3 is 9.42 Å². The molecule has 2 heterocycles. The van der Waals surface area contributed by atoms with Gasteiger partial charge in [-0.3, -0.25) is 4.79 Å². The van der Waals surface area contributed by atoms with Crippen molar-refractivity contribution in [3.8, 4) is 11.4 Å². The van der Waals surface area contributed by atoms with Crippen molar-refractivity contribution in [3.05, 3.63) is 71.1 Å². The van der Waals surface area contributed by atoms with Gasteiger partial charge in [-0.25, -0.2) is 0 Å². The van der Waals surface area contributed by atoms with Crippen LogP contribution in [0.3, 0.4) is 0 Å². The number of amides is 1. The molecule has 1 aromatic heterocycles. The zero-order valence-corrected chi connectivity index (χ0v) is 15.6. The minimum absolute atomic E-state index is 0.114. The molecule has 0 N–H and O–H groups in total. The van der Waals surface area contributed by atoms with Gasteiger partial charge in [0.1, 0.15) is 0 Å². The Morgan fingerprint density at radius 2 is 1.96 bits per heavy atom. The van der Waals surface area contributed by atoms with Gasteiger partial charge in [-0.2, -0.15) is 4.98 Å². The summed E-state index contributed by atoms with van der Waals surface area (Å²) in [5.74, 6) is 1.42. The second-order valence-electron chi connectivity index (χ2n) is 6.80. The van der Waals surface area contributed by atoms with Gasteiger partial charge in [-0.1, -0.05) is 59.2 Å². The second-order valence-corrected chi connectivity index (χ2v) is 7.24. The zero-order chi connectivity index (χ0) is 18.6. The Hall–Kier alpha value is -2.66. The highest BCUT2D eigenvalue weighted by molar-refractivity contribution is 6.30. The van der Waals surface area contributed by atoms with E-state index >= 15 is 0 Å². The highest BCUT2D eigenvalue weighted by Crippen LogP contribution is 2.29. The number of aromatic nitrogens is 2. The molecule has 0 aliphatic carbocycles. The van der Waals surface area contributed by atoms with Gasteiger partial charge in [-0.15, -0.1) is 0 Å². The molecule has 5 nitrogen and oxygen atoms in total. The first kappa shape index (κ1) is 17.7. The minimum atomic E-state index is 0.114. The molecule has 27 heavy (non-hydrogen) atoms. The van der Waals surface area contributed by atoms with E-state index in [-0.39, 0.29) is 11.8 Å². The Bertz CT molecular complexity index is 920. The average Bonchev–Trinajstić information content (AvgIpc) is 3.11. The molecule has 138 valence electrons. The number of aryl methyl sites for hydroxylation is 1. The molecular weight excluding hydrogens is 362 g/mol. The Kier molecular flexibility index (Phi) is 5.21. The molecule has 0 radical (unpaired) electrons. The maximum absolute atomic E-state index is 12.3. The fourth-order valence-electron chi connectivity index (χ4n) is 3.23. The number of carbonyl (C=O) groups is 1. The molecule has 1 aliphatic rings. The van der Waals surface area contributed by atoms with E-state index in [1.54, 1.807) is 12.1 Å². The molecule has 3 aromatic rings. The number of benzene rings is 2. The van der Waals surface area contributed by atoms with Crippen LogP contribution >= 0.6 is 11.6 Å². The van der Waals surface area contributed by atoms with Crippen molar-refractivity contribution in [2.45, 2.75) is 25.2 Å². The Balaban J connectivity index is 1.26. The van der Waals surface area contributed by atoms with E-state index in [0.29, 0.717) is 36.2 Å². The summed E-state index contributed by atoms with van der Waals surface area (Å²) >= 11 is 6.01. The van der Waals surface area contributed by atoms with Crippen LogP contribution in [0.1, 0.15) is 30.2 Å². The monoisotopic (exact) mass is 381 g/mol. The smallest absolute Gasteiger partial charge is 0.233 e. The number of hydrogen-bond acceptors (Lipinski definition) is 4. The Labute approximate surface area is 163 Å². The van der Waals surface area contributed by atoms with Gasteiger partial charge >= 0.3 is 0 Å².